The first kappa shape index (κ1) is 15.8. The van der Waals surface area contributed by atoms with E-state index >= 15 is 0 Å². The molecule has 0 fully saturated rings. The minimum Gasteiger partial charge on any atom is -0.353 e. The monoisotopic (exact) mass is 326 g/mol. The Morgan fingerprint density at radius 1 is 1.05 bits per heavy atom. The molecule has 6 nitrogen and oxygen atoms in total. The van der Waals surface area contributed by atoms with Gasteiger partial charge in [-0.2, -0.15) is 15.0 Å². The lowest BCUT2D eigenvalue weighted by atomic mass is 10.3. The number of benzene rings is 1. The Kier molecular flexibility index (Phi) is 5.98. The van der Waals surface area contributed by atoms with Crippen molar-refractivity contribution in [1.29, 1.82) is 0 Å². The summed E-state index contributed by atoms with van der Waals surface area (Å²) in [6.07, 6.45) is 0. The predicted molar refractivity (Wildman–Crippen MR) is 86.6 cm³/mol. The van der Waals surface area contributed by atoms with E-state index in [1.807, 2.05) is 19.1 Å². The van der Waals surface area contributed by atoms with Gasteiger partial charge in [-0.15, -0.1) is 0 Å². The molecule has 1 aromatic heterocycles. The molecule has 0 spiro atoms. The molecule has 0 aliphatic carbocycles. The molecule has 1 heterocycles. The highest BCUT2D eigenvalue weighted by molar-refractivity contribution is 6.30. The van der Waals surface area contributed by atoms with Crippen LogP contribution in [0.4, 0.5) is 17.6 Å². The van der Waals surface area contributed by atoms with Crippen LogP contribution in [-0.2, 0) is 0 Å². The van der Waals surface area contributed by atoms with E-state index in [1.54, 1.807) is 12.1 Å². The molecule has 21 heavy (non-hydrogen) atoms. The molecule has 0 unspecified atom stereocenters. The average Bonchev–Trinajstić information content (AvgIpc) is 2.43. The first-order valence-electron chi connectivity index (χ1n) is 6.56. The molecule has 1 aromatic carbocycles. The lowest BCUT2D eigenvalue weighted by Gasteiger charge is -2.08. The maximum atomic E-state index is 5.93. The molecule has 2 aromatic rings. The van der Waals surface area contributed by atoms with Gasteiger partial charge in [-0.1, -0.05) is 24.6 Å². The van der Waals surface area contributed by atoms with Gasteiger partial charge in [0.1, 0.15) is 0 Å². The molecule has 0 atom stereocenters. The molecule has 112 valence electrons. The smallest absolute Gasteiger partial charge is 0.233 e. The van der Waals surface area contributed by atoms with E-state index in [9.17, 15) is 0 Å². The van der Waals surface area contributed by atoms with E-state index in [-0.39, 0.29) is 5.28 Å². The number of hydrogen-bond acceptors (Lipinski definition) is 6. The molecular weight excluding hydrogens is 311 g/mol. The van der Waals surface area contributed by atoms with Gasteiger partial charge in [0.2, 0.25) is 17.2 Å². The third-order valence-corrected chi connectivity index (χ3v) is 2.93. The van der Waals surface area contributed by atoms with E-state index in [1.165, 1.54) is 0 Å². The van der Waals surface area contributed by atoms with Crippen molar-refractivity contribution in [3.05, 3.63) is 34.6 Å². The first-order valence-corrected chi connectivity index (χ1v) is 7.31. The van der Waals surface area contributed by atoms with Crippen molar-refractivity contribution in [2.24, 2.45) is 0 Å². The largest absolute Gasteiger partial charge is 0.353 e. The minimum absolute atomic E-state index is 0.125. The zero-order valence-corrected chi connectivity index (χ0v) is 13.0. The van der Waals surface area contributed by atoms with Crippen molar-refractivity contribution < 1.29 is 0 Å². The Balaban J connectivity index is 2.04. The molecule has 0 aliphatic heterocycles. The number of halogens is 2. The normalized spacial score (nSPS) is 10.4. The number of likely N-dealkylation sites (N-methyl/N-ethyl adjacent to an activating group) is 1. The molecule has 3 N–H and O–H groups in total. The molecular formula is C13H16Cl2N6. The summed E-state index contributed by atoms with van der Waals surface area (Å²) in [6, 6.07) is 7.27. The summed E-state index contributed by atoms with van der Waals surface area (Å²) in [5.41, 5.74) is 0.781. The third kappa shape index (κ3) is 5.34. The van der Waals surface area contributed by atoms with Gasteiger partial charge in [0.15, 0.2) is 0 Å². The fourth-order valence-electron chi connectivity index (χ4n) is 1.62. The highest BCUT2D eigenvalue weighted by Crippen LogP contribution is 2.19. The van der Waals surface area contributed by atoms with Gasteiger partial charge < -0.3 is 16.0 Å². The van der Waals surface area contributed by atoms with Crippen LogP contribution in [0.15, 0.2) is 24.3 Å². The lowest BCUT2D eigenvalue weighted by Crippen LogP contribution is -2.22. The van der Waals surface area contributed by atoms with Crippen LogP contribution in [0.3, 0.4) is 0 Å². The third-order valence-electron chi connectivity index (χ3n) is 2.52. The topological polar surface area (TPSA) is 74.8 Å². The zero-order chi connectivity index (χ0) is 15.1. The number of rotatable bonds is 7. The van der Waals surface area contributed by atoms with Crippen LogP contribution in [0.5, 0.6) is 0 Å². The number of anilines is 3. The molecule has 8 heteroatoms. The van der Waals surface area contributed by atoms with E-state index in [4.69, 9.17) is 23.2 Å². The van der Waals surface area contributed by atoms with Crippen LogP contribution >= 0.6 is 23.2 Å². The SMILES string of the molecule is CCNCCNc1nc(Cl)nc(Nc2cccc(Cl)c2)n1. The standard InChI is InChI=1S/C13H16Cl2N6/c1-2-16-6-7-17-12-19-11(15)20-13(21-12)18-10-5-3-4-9(14)8-10/h3-5,8,16H,2,6-7H2,1H3,(H2,17,18,19,20,21). The first-order chi connectivity index (χ1) is 10.2. The number of hydrogen-bond donors (Lipinski definition) is 3. The van der Waals surface area contributed by atoms with Crippen molar-refractivity contribution >= 4 is 40.8 Å². The maximum Gasteiger partial charge on any atom is 0.233 e. The van der Waals surface area contributed by atoms with Gasteiger partial charge in [-0.05, 0) is 36.3 Å². The molecule has 0 amide bonds. The fourth-order valence-corrected chi connectivity index (χ4v) is 1.97. The van der Waals surface area contributed by atoms with Crippen LogP contribution in [0.1, 0.15) is 6.92 Å². The van der Waals surface area contributed by atoms with Crippen LogP contribution in [0.2, 0.25) is 10.3 Å². The van der Waals surface area contributed by atoms with E-state index < -0.39 is 0 Å². The number of nitrogens with zero attached hydrogens (tertiary/aromatic N) is 3. The highest BCUT2D eigenvalue weighted by atomic mass is 35.5. The maximum absolute atomic E-state index is 5.93. The summed E-state index contributed by atoms with van der Waals surface area (Å²) >= 11 is 11.8. The summed E-state index contributed by atoms with van der Waals surface area (Å²) in [4.78, 5) is 12.3. The van der Waals surface area contributed by atoms with Crippen molar-refractivity contribution in [3.8, 4) is 0 Å². The Bertz CT molecular complexity index is 593. The van der Waals surface area contributed by atoms with E-state index in [0.717, 1.165) is 18.8 Å². The van der Waals surface area contributed by atoms with Gasteiger partial charge in [-0.3, -0.25) is 0 Å². The Morgan fingerprint density at radius 2 is 1.86 bits per heavy atom. The van der Waals surface area contributed by atoms with Crippen LogP contribution in [0, 0.1) is 0 Å². The van der Waals surface area contributed by atoms with Crippen molar-refractivity contribution in [2.45, 2.75) is 6.92 Å². The molecule has 0 saturated heterocycles. The second kappa shape index (κ2) is 7.97. The Morgan fingerprint density at radius 3 is 2.62 bits per heavy atom. The van der Waals surface area contributed by atoms with E-state index in [2.05, 4.69) is 30.9 Å². The molecule has 0 radical (unpaired) electrons. The van der Waals surface area contributed by atoms with Gasteiger partial charge in [0.25, 0.3) is 0 Å². The Labute approximate surface area is 133 Å². The Hall–Kier alpha value is -1.63. The van der Waals surface area contributed by atoms with Gasteiger partial charge >= 0.3 is 0 Å². The number of nitrogens with one attached hydrogen (secondary N) is 3. The van der Waals surface area contributed by atoms with Crippen molar-refractivity contribution in [1.82, 2.24) is 20.3 Å². The van der Waals surface area contributed by atoms with Gasteiger partial charge in [-0.25, -0.2) is 0 Å². The molecule has 0 aliphatic rings. The van der Waals surface area contributed by atoms with Crippen molar-refractivity contribution in [2.75, 3.05) is 30.3 Å². The average molecular weight is 327 g/mol. The summed E-state index contributed by atoms with van der Waals surface area (Å²) in [6.45, 7) is 4.48. The van der Waals surface area contributed by atoms with Gasteiger partial charge in [0, 0.05) is 23.8 Å². The number of aromatic nitrogens is 3. The van der Waals surface area contributed by atoms with Crippen LogP contribution < -0.4 is 16.0 Å². The van der Waals surface area contributed by atoms with Crippen molar-refractivity contribution in [3.63, 3.8) is 0 Å². The zero-order valence-electron chi connectivity index (χ0n) is 11.5. The predicted octanol–water partition coefficient (Wildman–Crippen LogP) is 2.94. The highest BCUT2D eigenvalue weighted by Gasteiger charge is 2.05. The fraction of sp³-hybridized carbons (Fsp3) is 0.308. The minimum atomic E-state index is 0.125. The lowest BCUT2D eigenvalue weighted by molar-refractivity contribution is 0.736. The second-order valence-electron chi connectivity index (χ2n) is 4.17. The van der Waals surface area contributed by atoms with Gasteiger partial charge in [0.05, 0.1) is 0 Å². The molecule has 2 rings (SSSR count). The summed E-state index contributed by atoms with van der Waals surface area (Å²) in [5, 5.41) is 10.1. The molecule has 0 saturated carbocycles. The summed E-state index contributed by atoms with van der Waals surface area (Å²) < 4.78 is 0. The second-order valence-corrected chi connectivity index (χ2v) is 4.94. The van der Waals surface area contributed by atoms with Crippen LogP contribution in [0.25, 0.3) is 0 Å². The van der Waals surface area contributed by atoms with E-state index in [0.29, 0.717) is 23.5 Å². The summed E-state index contributed by atoms with van der Waals surface area (Å²) in [7, 11) is 0. The molecule has 0 bridgehead atoms. The summed E-state index contributed by atoms with van der Waals surface area (Å²) in [5.74, 6) is 0.792. The quantitative estimate of drug-likeness (QED) is 0.679. The van der Waals surface area contributed by atoms with Crippen LogP contribution in [-0.4, -0.2) is 34.6 Å².